The van der Waals surface area contributed by atoms with Gasteiger partial charge in [-0.1, -0.05) is 19.9 Å². The summed E-state index contributed by atoms with van der Waals surface area (Å²) in [4.78, 5) is 2.29. The molecule has 0 unspecified atom stereocenters. The zero-order valence-electron chi connectivity index (χ0n) is 12.3. The molecule has 0 saturated carbocycles. The van der Waals surface area contributed by atoms with Crippen molar-refractivity contribution in [2.45, 2.75) is 27.2 Å². The highest BCUT2D eigenvalue weighted by Gasteiger charge is 2.31. The van der Waals surface area contributed by atoms with E-state index in [1.807, 2.05) is 0 Å². The van der Waals surface area contributed by atoms with Gasteiger partial charge in [0.1, 0.15) is 0 Å². The van der Waals surface area contributed by atoms with Gasteiger partial charge in [0, 0.05) is 25.3 Å². The summed E-state index contributed by atoms with van der Waals surface area (Å²) >= 11 is 0. The first-order valence-corrected chi connectivity index (χ1v) is 8.82. The van der Waals surface area contributed by atoms with Gasteiger partial charge in [0.15, 0.2) is 0 Å². The number of likely N-dealkylation sites (N-methyl/N-ethyl adjacent to an activating group) is 1. The van der Waals surface area contributed by atoms with Crippen molar-refractivity contribution in [2.24, 2.45) is 5.92 Å². The molecule has 5 heteroatoms. The van der Waals surface area contributed by atoms with Gasteiger partial charge in [-0.15, -0.1) is 0 Å². The van der Waals surface area contributed by atoms with Crippen LogP contribution in [0.2, 0.25) is 0 Å². The molecule has 0 radical (unpaired) electrons. The molecule has 0 bridgehead atoms. The Morgan fingerprint density at radius 2 is 2.05 bits per heavy atom. The van der Waals surface area contributed by atoms with E-state index in [1.165, 1.54) is 23.1 Å². The topological polar surface area (TPSA) is 40.6 Å². The van der Waals surface area contributed by atoms with E-state index in [-0.39, 0.29) is 0 Å². The van der Waals surface area contributed by atoms with E-state index < -0.39 is 10.0 Å². The van der Waals surface area contributed by atoms with Crippen molar-refractivity contribution in [2.75, 3.05) is 32.4 Å². The third-order valence-corrected chi connectivity index (χ3v) is 5.27. The van der Waals surface area contributed by atoms with Gasteiger partial charge in [0.25, 0.3) is 0 Å². The Labute approximate surface area is 116 Å². The minimum absolute atomic E-state index is 0.508. The maximum atomic E-state index is 11.7. The summed E-state index contributed by atoms with van der Waals surface area (Å²) < 4.78 is 25.1. The third-order valence-electron chi connectivity index (χ3n) is 4.02. The summed E-state index contributed by atoms with van der Waals surface area (Å²) in [5.41, 5.74) is 4.00. The summed E-state index contributed by atoms with van der Waals surface area (Å²) in [6, 6.07) is 0. The maximum Gasteiger partial charge on any atom is 0.211 e. The molecule has 0 aliphatic carbocycles. The first-order valence-electron chi connectivity index (χ1n) is 6.97. The van der Waals surface area contributed by atoms with Crippen LogP contribution < -0.4 is 0 Å². The highest BCUT2D eigenvalue weighted by atomic mass is 32.2. The van der Waals surface area contributed by atoms with E-state index in [4.69, 9.17) is 0 Å². The minimum atomic E-state index is -3.09. The Kier molecular flexibility index (Phi) is 4.06. The Bertz CT molecular complexity index is 518. The second-order valence-corrected chi connectivity index (χ2v) is 7.61. The van der Waals surface area contributed by atoms with Crippen LogP contribution in [0, 0.1) is 5.92 Å². The molecule has 0 N–H and O–H groups in total. The van der Waals surface area contributed by atoms with Crippen LogP contribution >= 0.6 is 0 Å². The molecule has 0 spiro atoms. The molecule has 2 aliphatic rings. The van der Waals surface area contributed by atoms with E-state index in [0.29, 0.717) is 19.0 Å². The Balaban J connectivity index is 2.36. The highest BCUT2D eigenvalue weighted by Crippen LogP contribution is 2.34. The molecule has 19 heavy (non-hydrogen) atoms. The number of nitrogens with zero attached hydrogens (tertiary/aromatic N) is 2. The van der Waals surface area contributed by atoms with Crippen molar-refractivity contribution < 1.29 is 8.42 Å². The standard InChI is InChI=1S/C14H24N2O2S/c1-5-15-8-6-12(11(2)3)13-7-9-16(10-14(13)15)19(4,17)18/h6,11H,5,7-10H2,1-4H3. The summed E-state index contributed by atoms with van der Waals surface area (Å²) in [5, 5.41) is 0. The summed E-state index contributed by atoms with van der Waals surface area (Å²) in [6.07, 6.45) is 4.45. The molecule has 0 aromatic rings. The number of hydrogen-bond acceptors (Lipinski definition) is 3. The lowest BCUT2D eigenvalue weighted by molar-refractivity contribution is 0.315. The number of sulfonamides is 1. The minimum Gasteiger partial charge on any atom is -0.370 e. The van der Waals surface area contributed by atoms with Crippen LogP contribution in [0.4, 0.5) is 0 Å². The van der Waals surface area contributed by atoms with Crippen LogP contribution in [0.25, 0.3) is 0 Å². The molecule has 2 aliphatic heterocycles. The van der Waals surface area contributed by atoms with Gasteiger partial charge in [-0.3, -0.25) is 0 Å². The smallest absolute Gasteiger partial charge is 0.211 e. The highest BCUT2D eigenvalue weighted by molar-refractivity contribution is 7.88. The maximum absolute atomic E-state index is 11.7. The molecule has 0 fully saturated rings. The molecule has 0 atom stereocenters. The summed E-state index contributed by atoms with van der Waals surface area (Å²) in [5.74, 6) is 0.508. The average Bonchev–Trinajstić information content (AvgIpc) is 2.35. The molecular weight excluding hydrogens is 260 g/mol. The van der Waals surface area contributed by atoms with Crippen molar-refractivity contribution in [3.05, 3.63) is 22.9 Å². The lowest BCUT2D eigenvalue weighted by atomic mass is 9.87. The summed E-state index contributed by atoms with van der Waals surface area (Å²) in [6.45, 7) is 9.52. The van der Waals surface area contributed by atoms with Gasteiger partial charge in [0.2, 0.25) is 10.0 Å². The fourth-order valence-electron chi connectivity index (χ4n) is 2.95. The number of rotatable bonds is 3. The molecular formula is C14H24N2O2S. The lowest BCUT2D eigenvalue weighted by Crippen LogP contribution is -2.43. The van der Waals surface area contributed by atoms with Crippen molar-refractivity contribution in [3.8, 4) is 0 Å². The second kappa shape index (κ2) is 5.29. The van der Waals surface area contributed by atoms with Crippen LogP contribution in [0.1, 0.15) is 27.2 Å². The van der Waals surface area contributed by atoms with Crippen molar-refractivity contribution >= 4 is 10.0 Å². The van der Waals surface area contributed by atoms with E-state index in [1.54, 1.807) is 4.31 Å². The van der Waals surface area contributed by atoms with Gasteiger partial charge in [-0.25, -0.2) is 8.42 Å². The van der Waals surface area contributed by atoms with E-state index >= 15 is 0 Å². The molecule has 0 aromatic carbocycles. The predicted molar refractivity (Wildman–Crippen MR) is 78.2 cm³/mol. The molecule has 0 aromatic heterocycles. The monoisotopic (exact) mass is 284 g/mol. The van der Waals surface area contributed by atoms with Crippen molar-refractivity contribution in [3.63, 3.8) is 0 Å². The van der Waals surface area contributed by atoms with Gasteiger partial charge < -0.3 is 4.90 Å². The quantitative estimate of drug-likeness (QED) is 0.794. The Morgan fingerprint density at radius 3 is 2.58 bits per heavy atom. The first-order chi connectivity index (χ1) is 8.84. The molecule has 2 heterocycles. The van der Waals surface area contributed by atoms with Crippen LogP contribution in [0.15, 0.2) is 22.9 Å². The largest absolute Gasteiger partial charge is 0.370 e. The third kappa shape index (κ3) is 2.87. The number of hydrogen-bond donors (Lipinski definition) is 0. The zero-order chi connectivity index (χ0) is 14.2. The van der Waals surface area contributed by atoms with Gasteiger partial charge in [-0.2, -0.15) is 4.31 Å². The molecule has 2 rings (SSSR count). The predicted octanol–water partition coefficient (Wildman–Crippen LogP) is 1.82. The van der Waals surface area contributed by atoms with Crippen molar-refractivity contribution in [1.29, 1.82) is 0 Å². The van der Waals surface area contributed by atoms with Gasteiger partial charge >= 0.3 is 0 Å². The normalized spacial score (nSPS) is 21.7. The van der Waals surface area contributed by atoms with Crippen LogP contribution in [-0.2, 0) is 10.0 Å². The fraction of sp³-hybridized carbons (Fsp3) is 0.714. The first kappa shape index (κ1) is 14.6. The van der Waals surface area contributed by atoms with E-state index in [9.17, 15) is 8.42 Å². The lowest BCUT2D eigenvalue weighted by Gasteiger charge is -2.39. The molecule has 0 amide bonds. The van der Waals surface area contributed by atoms with Gasteiger partial charge in [0.05, 0.1) is 12.8 Å². The van der Waals surface area contributed by atoms with E-state index in [0.717, 1.165) is 19.5 Å². The van der Waals surface area contributed by atoms with Gasteiger partial charge in [-0.05, 0) is 30.4 Å². The zero-order valence-corrected chi connectivity index (χ0v) is 13.1. The SMILES string of the molecule is CCN1CC=C(C(C)C)C2=C1CN(S(C)(=O)=O)CC2. The van der Waals surface area contributed by atoms with Crippen molar-refractivity contribution in [1.82, 2.24) is 9.21 Å². The molecule has 0 saturated heterocycles. The molecule has 4 nitrogen and oxygen atoms in total. The van der Waals surface area contributed by atoms with Crippen LogP contribution in [0.5, 0.6) is 0 Å². The number of allylic oxidation sites excluding steroid dienone is 1. The Morgan fingerprint density at radius 1 is 1.37 bits per heavy atom. The second-order valence-electron chi connectivity index (χ2n) is 5.62. The average molecular weight is 284 g/mol. The van der Waals surface area contributed by atoms with Crippen LogP contribution in [0.3, 0.4) is 0 Å². The van der Waals surface area contributed by atoms with Crippen LogP contribution in [-0.4, -0.2) is 50.1 Å². The Hall–Kier alpha value is -0.810. The summed E-state index contributed by atoms with van der Waals surface area (Å²) in [7, 11) is -3.09. The van der Waals surface area contributed by atoms with E-state index in [2.05, 4.69) is 31.7 Å². The molecule has 108 valence electrons. The fourth-order valence-corrected chi connectivity index (χ4v) is 3.73.